The van der Waals surface area contributed by atoms with Crippen molar-refractivity contribution in [2.45, 2.75) is 90.9 Å². The van der Waals surface area contributed by atoms with Crippen LogP contribution in [0.5, 0.6) is 0 Å². The summed E-state index contributed by atoms with van der Waals surface area (Å²) in [5.41, 5.74) is 24.6. The summed E-state index contributed by atoms with van der Waals surface area (Å²) in [6, 6.07) is 54.1. The van der Waals surface area contributed by atoms with Gasteiger partial charge >= 0.3 is 0 Å². The minimum absolute atomic E-state index is 0.0537. The predicted octanol–water partition coefficient (Wildman–Crippen LogP) is 15.7. The van der Waals surface area contributed by atoms with E-state index in [0.29, 0.717) is 0 Å². The second-order valence-electron chi connectivity index (χ2n) is 22.5. The number of nitrogens with one attached hydrogen (secondary N) is 1. The fourth-order valence-corrected chi connectivity index (χ4v) is 13.1. The highest BCUT2D eigenvalue weighted by Gasteiger charge is 2.40. The Morgan fingerprint density at radius 3 is 1.79 bits per heavy atom. The topological polar surface area (TPSA) is 17.0 Å². The van der Waals surface area contributed by atoms with Crippen LogP contribution in [0.3, 0.4) is 0 Å². The molecule has 1 radical (unpaired) electrons. The van der Waals surface area contributed by atoms with E-state index < -0.39 is 0 Å². The summed E-state index contributed by atoms with van der Waals surface area (Å²) in [7, 11) is 2.51. The second-order valence-corrected chi connectivity index (χ2v) is 23.6. The van der Waals surface area contributed by atoms with Crippen molar-refractivity contribution in [3.63, 3.8) is 0 Å². The summed E-state index contributed by atoms with van der Waals surface area (Å²) in [6.07, 6.45) is 0. The van der Waals surface area contributed by atoms with Crippen LogP contribution in [-0.4, -0.2) is 11.8 Å². The van der Waals surface area contributed by atoms with Gasteiger partial charge in [0.1, 0.15) is 0 Å². The third kappa shape index (κ3) is 5.48. The molecule has 8 aromatic carbocycles. The Morgan fingerprint density at radius 1 is 0.485 bits per heavy atom. The average Bonchev–Trinajstić information content (AvgIpc) is 3.95. The zero-order chi connectivity index (χ0) is 45.4. The molecule has 3 heterocycles. The van der Waals surface area contributed by atoms with Crippen LogP contribution in [0.4, 0.5) is 11.4 Å². The Balaban J connectivity index is 1.10. The van der Waals surface area contributed by atoms with Crippen molar-refractivity contribution < 1.29 is 0 Å². The molecule has 0 atom stereocenters. The van der Waals surface area contributed by atoms with Crippen molar-refractivity contribution in [1.29, 1.82) is 0 Å². The van der Waals surface area contributed by atoms with Gasteiger partial charge in [-0.2, -0.15) is 0 Å². The Labute approximate surface area is 393 Å². The number of benzene rings is 8. The zero-order valence-corrected chi connectivity index (χ0v) is 40.5. The quantitative estimate of drug-likeness (QED) is 0.175. The highest BCUT2D eigenvalue weighted by atomic mass is 32.1. The first-order valence-corrected chi connectivity index (χ1v) is 24.6. The molecule has 0 bridgehead atoms. The van der Waals surface area contributed by atoms with E-state index in [1.807, 2.05) is 11.3 Å². The van der Waals surface area contributed by atoms with E-state index >= 15 is 0 Å². The van der Waals surface area contributed by atoms with E-state index in [1.165, 1.54) is 125 Å². The maximum atomic E-state index is 4.01. The number of aromatic nitrogens is 1. The van der Waals surface area contributed by atoms with Crippen molar-refractivity contribution in [1.82, 2.24) is 4.57 Å². The van der Waals surface area contributed by atoms with Gasteiger partial charge in [0.05, 0.1) is 5.52 Å². The minimum Gasteiger partial charge on any atom is -0.355 e. The minimum atomic E-state index is -0.117. The number of thiophene rings is 1. The number of nitrogens with zero attached hydrogens (tertiary/aromatic N) is 1. The van der Waals surface area contributed by atoms with Gasteiger partial charge < -0.3 is 9.88 Å². The Kier molecular flexibility index (Phi) is 7.97. The van der Waals surface area contributed by atoms with Crippen molar-refractivity contribution in [2.75, 3.05) is 5.32 Å². The lowest BCUT2D eigenvalue weighted by molar-refractivity contribution is 0.590. The Morgan fingerprint density at radius 2 is 1.11 bits per heavy atom. The van der Waals surface area contributed by atoms with Crippen LogP contribution in [0.1, 0.15) is 103 Å². The maximum absolute atomic E-state index is 4.01. The molecule has 0 unspecified atom stereocenters. The highest BCUT2D eigenvalue weighted by molar-refractivity contribution is 7.25. The fourth-order valence-electron chi connectivity index (χ4n) is 12.0. The van der Waals surface area contributed by atoms with Crippen LogP contribution < -0.4 is 16.2 Å². The number of anilines is 2. The van der Waals surface area contributed by atoms with Gasteiger partial charge in [0.25, 0.3) is 0 Å². The van der Waals surface area contributed by atoms with Crippen molar-refractivity contribution >= 4 is 82.9 Å². The molecular formula is C62H54BN2S. The van der Waals surface area contributed by atoms with Crippen LogP contribution in [-0.2, 0) is 21.7 Å². The van der Waals surface area contributed by atoms with Crippen molar-refractivity contribution in [3.05, 3.63) is 173 Å². The van der Waals surface area contributed by atoms with Gasteiger partial charge in [-0.05, 0) is 132 Å². The van der Waals surface area contributed by atoms with Gasteiger partial charge in [0, 0.05) is 69.9 Å². The van der Waals surface area contributed by atoms with Gasteiger partial charge in [-0.1, -0.05) is 160 Å². The summed E-state index contributed by atoms with van der Waals surface area (Å²) < 4.78 is 5.26. The smallest absolute Gasteiger partial charge is 0.197 e. The lowest BCUT2D eigenvalue weighted by Crippen LogP contribution is -2.37. The van der Waals surface area contributed by atoms with E-state index in [9.17, 15) is 0 Å². The summed E-state index contributed by atoms with van der Waals surface area (Å²) in [4.78, 5) is 0. The highest BCUT2D eigenvalue weighted by Crippen LogP contribution is 2.53. The average molecular weight is 870 g/mol. The third-order valence-electron chi connectivity index (χ3n) is 15.7. The lowest BCUT2D eigenvalue weighted by Gasteiger charge is -2.27. The summed E-state index contributed by atoms with van der Waals surface area (Å²) in [5.74, 6) is 0. The fraction of sp³-hybridized carbons (Fsp3) is 0.226. The van der Waals surface area contributed by atoms with E-state index in [1.54, 1.807) is 0 Å². The van der Waals surface area contributed by atoms with Crippen LogP contribution in [0.15, 0.2) is 140 Å². The van der Waals surface area contributed by atoms with Crippen molar-refractivity contribution in [3.8, 4) is 39.1 Å². The molecule has 321 valence electrons. The molecule has 10 aromatic rings. The second kappa shape index (κ2) is 13.2. The molecule has 1 N–H and O–H groups in total. The molecular weight excluding hydrogens is 816 g/mol. The van der Waals surface area contributed by atoms with Gasteiger partial charge in [-0.3, -0.25) is 0 Å². The molecule has 0 spiro atoms. The molecule has 2 nitrogen and oxygen atoms in total. The van der Waals surface area contributed by atoms with Crippen LogP contribution >= 0.6 is 11.3 Å². The Hall–Kier alpha value is -6.36. The van der Waals surface area contributed by atoms with E-state index in [2.05, 4.69) is 226 Å². The van der Waals surface area contributed by atoms with Crippen LogP contribution in [0.2, 0.25) is 0 Å². The summed E-state index contributed by atoms with van der Waals surface area (Å²) in [6.45, 7) is 23.4. The molecule has 2 aromatic heterocycles. The first-order chi connectivity index (χ1) is 31.5. The van der Waals surface area contributed by atoms with Gasteiger partial charge in [-0.15, -0.1) is 11.3 Å². The molecule has 1 aliphatic heterocycles. The number of hydrogen-bond donors (Lipinski definition) is 1. The van der Waals surface area contributed by atoms with E-state index in [-0.39, 0.29) is 21.7 Å². The zero-order valence-electron chi connectivity index (χ0n) is 39.7. The largest absolute Gasteiger partial charge is 0.355 e. The summed E-state index contributed by atoms with van der Waals surface area (Å²) >= 11 is 1.91. The van der Waals surface area contributed by atoms with E-state index in [0.717, 1.165) is 11.4 Å². The maximum Gasteiger partial charge on any atom is 0.197 e. The first kappa shape index (κ1) is 40.0. The van der Waals surface area contributed by atoms with Crippen LogP contribution in [0, 0.1) is 0 Å². The third-order valence-corrected chi connectivity index (χ3v) is 16.9. The molecule has 13 rings (SSSR count). The first-order valence-electron chi connectivity index (χ1n) is 23.7. The van der Waals surface area contributed by atoms with E-state index in [4.69, 9.17) is 0 Å². The number of rotatable bonds is 3. The Bertz CT molecular complexity index is 3770. The molecule has 4 heteroatoms. The molecule has 2 aliphatic carbocycles. The molecule has 0 saturated carbocycles. The van der Waals surface area contributed by atoms with Crippen molar-refractivity contribution in [2.24, 2.45) is 0 Å². The monoisotopic (exact) mass is 869 g/mol. The molecule has 0 amide bonds. The van der Waals surface area contributed by atoms with Gasteiger partial charge in [0.2, 0.25) is 0 Å². The number of hydrogen-bond acceptors (Lipinski definition) is 2. The van der Waals surface area contributed by atoms with Gasteiger partial charge in [0.15, 0.2) is 7.28 Å². The van der Waals surface area contributed by atoms with Crippen LogP contribution in [0.25, 0.3) is 81.0 Å². The number of fused-ring (bicyclic) bond motifs is 14. The molecule has 66 heavy (non-hydrogen) atoms. The molecule has 3 aliphatic rings. The standard InChI is InChI=1S/C62H54BN2S/c1-59(2,3)34-19-22-36(23-20-34)64-52-30-46-45-27-35(60(4,5)6)21-26-55(45)66-56(46)32-43(52)39-24-25-40-44-28-49-42(38-16-12-14-18-48(38)61(49,7)8)31-53(44)65-54-33-50-41(29-51(54)63-57(39)58(40)65)37-15-11-13-17-47(37)62(50,9)10/h11-33,64H,1-10H3. The lowest BCUT2D eigenvalue weighted by atomic mass is 9.58. The summed E-state index contributed by atoms with van der Waals surface area (Å²) in [5, 5.41) is 9.24. The molecule has 0 saturated heterocycles. The predicted molar refractivity (Wildman–Crippen MR) is 286 cm³/mol. The van der Waals surface area contributed by atoms with Gasteiger partial charge in [-0.25, -0.2) is 0 Å². The molecule has 0 fully saturated rings. The normalized spacial score (nSPS) is 15.2. The SMILES string of the molecule is CC(C)(C)c1ccc(Nc2cc3c(cc2-c2ccc4c5cc6c(cc5n5c4c2[B]c2cc4c(cc2-5)C(C)(C)c2ccccc2-4)-c2ccccc2C6(C)C)sc2ccc(C(C)(C)C)cc23)cc1.